The Hall–Kier alpha value is -3.68. The maximum atomic E-state index is 12.6. The number of aromatic nitrogens is 1. The molecule has 2 aromatic carbocycles. The van der Waals surface area contributed by atoms with Crippen molar-refractivity contribution in [2.75, 3.05) is 6.54 Å². The largest absolute Gasteiger partial charge is 0.416 e. The van der Waals surface area contributed by atoms with Crippen molar-refractivity contribution in [2.45, 2.75) is 12.2 Å². The fraction of sp³-hybridized carbons (Fsp3) is 0.136. The van der Waals surface area contributed by atoms with Crippen LogP contribution in [0.4, 0.5) is 13.2 Å². The summed E-state index contributed by atoms with van der Waals surface area (Å²) in [6.07, 6.45) is -2.86. The van der Waals surface area contributed by atoms with Gasteiger partial charge in [-0.1, -0.05) is 36.4 Å². The zero-order chi connectivity index (χ0) is 21.6. The lowest BCUT2D eigenvalue weighted by Gasteiger charge is -2.19. The summed E-state index contributed by atoms with van der Waals surface area (Å²) in [6.45, 7) is -0.337. The van der Waals surface area contributed by atoms with Crippen LogP contribution in [0.25, 0.3) is 0 Å². The van der Waals surface area contributed by atoms with Crippen LogP contribution in [0.15, 0.2) is 79.0 Å². The van der Waals surface area contributed by atoms with Crippen LogP contribution in [-0.2, 0) is 11.0 Å². The Morgan fingerprint density at radius 1 is 0.900 bits per heavy atom. The molecule has 0 spiro atoms. The van der Waals surface area contributed by atoms with Crippen molar-refractivity contribution in [2.24, 2.45) is 0 Å². The highest BCUT2D eigenvalue weighted by Gasteiger charge is 2.30. The average Bonchev–Trinajstić information content (AvgIpc) is 2.76. The Morgan fingerprint density at radius 3 is 2.17 bits per heavy atom. The van der Waals surface area contributed by atoms with Gasteiger partial charge >= 0.3 is 6.18 Å². The molecule has 0 aliphatic rings. The van der Waals surface area contributed by atoms with Gasteiger partial charge in [0.1, 0.15) is 0 Å². The third-order valence-electron chi connectivity index (χ3n) is 4.31. The monoisotopic (exact) mass is 413 g/mol. The molecule has 3 rings (SSSR count). The van der Waals surface area contributed by atoms with Gasteiger partial charge in [-0.25, -0.2) is 0 Å². The molecular formula is C22H18F3N3O2. The van der Waals surface area contributed by atoms with Crippen molar-refractivity contribution in [3.8, 4) is 0 Å². The van der Waals surface area contributed by atoms with E-state index in [1.807, 2.05) is 30.3 Å². The molecule has 1 unspecified atom stereocenters. The minimum atomic E-state index is -4.48. The number of hydrogen-bond donors (Lipinski definition) is 2. The van der Waals surface area contributed by atoms with Crippen LogP contribution in [0, 0.1) is 0 Å². The van der Waals surface area contributed by atoms with Crippen molar-refractivity contribution in [1.82, 2.24) is 15.6 Å². The number of pyridine rings is 1. The number of nitrogens with one attached hydrogen (secondary N) is 2. The van der Waals surface area contributed by atoms with Crippen molar-refractivity contribution >= 4 is 11.8 Å². The van der Waals surface area contributed by atoms with E-state index in [1.54, 1.807) is 24.4 Å². The van der Waals surface area contributed by atoms with Gasteiger partial charge in [-0.15, -0.1) is 0 Å². The molecule has 2 N–H and O–H groups in total. The molecule has 0 fully saturated rings. The number of halogens is 3. The third kappa shape index (κ3) is 5.44. The van der Waals surface area contributed by atoms with Crippen molar-refractivity contribution in [1.29, 1.82) is 0 Å². The molecule has 2 amide bonds. The van der Waals surface area contributed by atoms with E-state index in [9.17, 15) is 22.8 Å². The van der Waals surface area contributed by atoms with Gasteiger partial charge in [0.05, 0.1) is 23.8 Å². The first-order chi connectivity index (χ1) is 14.3. The summed E-state index contributed by atoms with van der Waals surface area (Å²) in [6, 6.07) is 17.8. The van der Waals surface area contributed by atoms with Crippen LogP contribution in [-0.4, -0.2) is 23.3 Å². The average molecular weight is 413 g/mol. The summed E-state index contributed by atoms with van der Waals surface area (Å²) >= 11 is 0. The Balaban J connectivity index is 1.64. The first-order valence-corrected chi connectivity index (χ1v) is 9.05. The second kappa shape index (κ2) is 9.21. The number of rotatable bonds is 6. The SMILES string of the molecule is O=C(CNC(=O)c1ccc(C(F)(F)F)cc1)NC(c1ccccc1)c1ccccn1. The van der Waals surface area contributed by atoms with E-state index in [2.05, 4.69) is 15.6 Å². The van der Waals surface area contributed by atoms with Crippen LogP contribution in [0.3, 0.4) is 0 Å². The highest BCUT2D eigenvalue weighted by atomic mass is 19.4. The number of carbonyl (C=O) groups is 2. The number of nitrogens with zero attached hydrogens (tertiary/aromatic N) is 1. The van der Waals surface area contributed by atoms with E-state index in [1.165, 1.54) is 0 Å². The fourth-order valence-corrected chi connectivity index (χ4v) is 2.81. The maximum absolute atomic E-state index is 12.6. The summed E-state index contributed by atoms with van der Waals surface area (Å²) in [5.41, 5.74) is 0.628. The lowest BCUT2D eigenvalue weighted by atomic mass is 10.0. The van der Waals surface area contributed by atoms with Gasteiger partial charge in [0, 0.05) is 11.8 Å². The normalized spacial score (nSPS) is 12.1. The fourth-order valence-electron chi connectivity index (χ4n) is 2.81. The van der Waals surface area contributed by atoms with Crippen molar-refractivity contribution in [3.05, 3.63) is 101 Å². The van der Waals surface area contributed by atoms with E-state index in [4.69, 9.17) is 0 Å². The lowest BCUT2D eigenvalue weighted by molar-refractivity contribution is -0.137. The van der Waals surface area contributed by atoms with Crippen LogP contribution >= 0.6 is 0 Å². The van der Waals surface area contributed by atoms with Crippen LogP contribution < -0.4 is 10.6 Å². The predicted octanol–water partition coefficient (Wildman–Crippen LogP) is 3.74. The van der Waals surface area contributed by atoms with Gasteiger partial charge < -0.3 is 10.6 Å². The molecule has 8 heteroatoms. The molecule has 0 bridgehead atoms. The topological polar surface area (TPSA) is 71.1 Å². The quantitative estimate of drug-likeness (QED) is 0.647. The number of carbonyl (C=O) groups excluding carboxylic acids is 2. The minimum Gasteiger partial charge on any atom is -0.343 e. The smallest absolute Gasteiger partial charge is 0.343 e. The molecule has 30 heavy (non-hydrogen) atoms. The molecule has 0 saturated heterocycles. The summed E-state index contributed by atoms with van der Waals surface area (Å²) in [4.78, 5) is 28.9. The van der Waals surface area contributed by atoms with E-state index in [0.29, 0.717) is 5.69 Å². The van der Waals surface area contributed by atoms with Crippen molar-refractivity contribution in [3.63, 3.8) is 0 Å². The van der Waals surface area contributed by atoms with E-state index in [0.717, 1.165) is 29.8 Å². The second-order valence-electron chi connectivity index (χ2n) is 6.42. The van der Waals surface area contributed by atoms with Crippen molar-refractivity contribution < 1.29 is 22.8 Å². The predicted molar refractivity (Wildman–Crippen MR) is 104 cm³/mol. The Bertz CT molecular complexity index is 952. The molecule has 0 saturated carbocycles. The van der Waals surface area contributed by atoms with E-state index >= 15 is 0 Å². The first kappa shape index (κ1) is 21.0. The van der Waals surface area contributed by atoms with E-state index < -0.39 is 29.6 Å². The standard InChI is InChI=1S/C22H18F3N3O2/c23-22(24,25)17-11-9-16(10-12-17)21(30)27-14-19(29)28-20(15-6-2-1-3-7-15)18-8-4-5-13-26-18/h1-13,20H,14H2,(H,27,30)(H,28,29). The summed E-state index contributed by atoms with van der Waals surface area (Å²) < 4.78 is 37.9. The molecule has 1 aromatic heterocycles. The molecule has 1 heterocycles. The summed E-state index contributed by atoms with van der Waals surface area (Å²) in [7, 11) is 0. The van der Waals surface area contributed by atoms with E-state index in [-0.39, 0.29) is 12.1 Å². The van der Waals surface area contributed by atoms with Gasteiger partial charge in [0.15, 0.2) is 0 Å². The number of alkyl halides is 3. The summed E-state index contributed by atoms with van der Waals surface area (Å²) in [5, 5.41) is 5.23. The van der Waals surface area contributed by atoms with Crippen LogP contribution in [0.2, 0.25) is 0 Å². The molecular weight excluding hydrogens is 395 g/mol. The highest BCUT2D eigenvalue weighted by Crippen LogP contribution is 2.29. The molecule has 1 atom stereocenters. The van der Waals surface area contributed by atoms with Crippen LogP contribution in [0.1, 0.15) is 33.2 Å². The first-order valence-electron chi connectivity index (χ1n) is 9.05. The number of benzene rings is 2. The molecule has 0 aliphatic heterocycles. The van der Waals surface area contributed by atoms with Crippen LogP contribution in [0.5, 0.6) is 0 Å². The second-order valence-corrected chi connectivity index (χ2v) is 6.42. The molecule has 0 aliphatic carbocycles. The maximum Gasteiger partial charge on any atom is 0.416 e. The van der Waals surface area contributed by atoms with Gasteiger partial charge in [-0.3, -0.25) is 14.6 Å². The summed E-state index contributed by atoms with van der Waals surface area (Å²) in [5.74, 6) is -1.11. The highest BCUT2D eigenvalue weighted by molar-refractivity contribution is 5.96. The molecule has 3 aromatic rings. The Labute approximate surface area is 171 Å². The third-order valence-corrected chi connectivity index (χ3v) is 4.31. The molecule has 5 nitrogen and oxygen atoms in total. The Morgan fingerprint density at radius 2 is 1.57 bits per heavy atom. The molecule has 154 valence electrons. The number of amides is 2. The number of hydrogen-bond acceptors (Lipinski definition) is 3. The Kier molecular flexibility index (Phi) is 6.46. The van der Waals surface area contributed by atoms with Gasteiger partial charge in [-0.05, 0) is 42.0 Å². The minimum absolute atomic E-state index is 0.0279. The van der Waals surface area contributed by atoms with Gasteiger partial charge in [0.25, 0.3) is 5.91 Å². The van der Waals surface area contributed by atoms with Gasteiger partial charge in [-0.2, -0.15) is 13.2 Å². The molecule has 0 radical (unpaired) electrons. The zero-order valence-corrected chi connectivity index (χ0v) is 15.7. The lowest BCUT2D eigenvalue weighted by Crippen LogP contribution is -2.39. The van der Waals surface area contributed by atoms with Gasteiger partial charge in [0.2, 0.25) is 5.91 Å². The zero-order valence-electron chi connectivity index (χ0n) is 15.7.